The van der Waals surface area contributed by atoms with Gasteiger partial charge in [-0.1, -0.05) is 24.9 Å². The number of amides is 2. The van der Waals surface area contributed by atoms with Gasteiger partial charge >= 0.3 is 6.03 Å². The minimum Gasteiger partial charge on any atom is -0.395 e. The van der Waals surface area contributed by atoms with Crippen LogP contribution in [0.15, 0.2) is 12.3 Å². The normalized spacial score (nSPS) is 10.3. The Morgan fingerprint density at radius 1 is 1.53 bits per heavy atom. The molecule has 0 aromatic carbocycles. The summed E-state index contributed by atoms with van der Waals surface area (Å²) in [5, 5.41) is 12.2. The van der Waals surface area contributed by atoms with E-state index in [-0.39, 0.29) is 12.6 Å². The number of unbranched alkanes of at least 4 members (excludes halogenated alkanes) is 1. The maximum atomic E-state index is 12.0. The second-order valence-corrected chi connectivity index (χ2v) is 4.68. The topological polar surface area (TPSA) is 65.5 Å². The summed E-state index contributed by atoms with van der Waals surface area (Å²) in [5.74, 6) is 0. The quantitative estimate of drug-likeness (QED) is 0.790. The maximum absolute atomic E-state index is 12.0. The fraction of sp³-hybridized carbons (Fsp3) is 0.538. The van der Waals surface area contributed by atoms with Gasteiger partial charge in [-0.2, -0.15) is 0 Å². The molecule has 2 N–H and O–H groups in total. The molecule has 106 valence electrons. The standard InChI is InChI=1S/C13H20ClN3O2/c1-3-4-5-17(6-7-18)13(19)16-11-8-10(2)12(14)15-9-11/h8-9,18H,3-7H2,1-2H3,(H,16,19). The summed E-state index contributed by atoms with van der Waals surface area (Å²) in [7, 11) is 0. The molecule has 0 fully saturated rings. The van der Waals surface area contributed by atoms with Crippen LogP contribution in [0, 0.1) is 6.92 Å². The van der Waals surface area contributed by atoms with Crippen molar-refractivity contribution in [3.8, 4) is 0 Å². The first kappa shape index (κ1) is 15.7. The zero-order valence-electron chi connectivity index (χ0n) is 11.3. The average molecular weight is 286 g/mol. The van der Waals surface area contributed by atoms with Gasteiger partial charge in [0, 0.05) is 13.1 Å². The number of hydrogen-bond donors (Lipinski definition) is 2. The van der Waals surface area contributed by atoms with E-state index in [0.717, 1.165) is 18.4 Å². The molecule has 0 aliphatic carbocycles. The van der Waals surface area contributed by atoms with Gasteiger partial charge in [0.15, 0.2) is 0 Å². The van der Waals surface area contributed by atoms with Gasteiger partial charge in [0.2, 0.25) is 0 Å². The van der Waals surface area contributed by atoms with Crippen molar-refractivity contribution in [2.45, 2.75) is 26.7 Å². The van der Waals surface area contributed by atoms with Crippen molar-refractivity contribution >= 4 is 23.3 Å². The van der Waals surface area contributed by atoms with E-state index in [9.17, 15) is 4.79 Å². The molecule has 19 heavy (non-hydrogen) atoms. The molecule has 0 saturated carbocycles. The summed E-state index contributed by atoms with van der Waals surface area (Å²) in [6.07, 6.45) is 3.42. The number of aromatic nitrogens is 1. The van der Waals surface area contributed by atoms with Crippen LogP contribution in [0.5, 0.6) is 0 Å². The lowest BCUT2D eigenvalue weighted by Crippen LogP contribution is -2.37. The molecule has 0 bridgehead atoms. The van der Waals surface area contributed by atoms with E-state index >= 15 is 0 Å². The van der Waals surface area contributed by atoms with Gasteiger partial charge in [-0.15, -0.1) is 0 Å². The van der Waals surface area contributed by atoms with E-state index in [1.54, 1.807) is 11.0 Å². The number of nitrogens with zero attached hydrogens (tertiary/aromatic N) is 2. The smallest absolute Gasteiger partial charge is 0.321 e. The highest BCUT2D eigenvalue weighted by Crippen LogP contribution is 2.16. The molecular formula is C13H20ClN3O2. The number of aliphatic hydroxyl groups is 1. The molecule has 0 atom stereocenters. The van der Waals surface area contributed by atoms with Crippen molar-refractivity contribution in [3.63, 3.8) is 0 Å². The molecule has 6 heteroatoms. The fourth-order valence-corrected chi connectivity index (χ4v) is 1.72. The molecule has 0 aliphatic rings. The second-order valence-electron chi connectivity index (χ2n) is 4.33. The minimum absolute atomic E-state index is 0.0466. The van der Waals surface area contributed by atoms with Crippen molar-refractivity contribution in [2.75, 3.05) is 25.0 Å². The maximum Gasteiger partial charge on any atom is 0.321 e. The zero-order valence-corrected chi connectivity index (χ0v) is 12.1. The zero-order chi connectivity index (χ0) is 14.3. The Balaban J connectivity index is 2.66. The van der Waals surface area contributed by atoms with Crippen molar-refractivity contribution in [2.24, 2.45) is 0 Å². The lowest BCUT2D eigenvalue weighted by molar-refractivity contribution is 0.187. The van der Waals surface area contributed by atoms with Gasteiger partial charge in [-0.3, -0.25) is 0 Å². The molecule has 0 spiro atoms. The Hall–Kier alpha value is -1.33. The predicted octanol–water partition coefficient (Wildman–Crippen LogP) is 2.67. The van der Waals surface area contributed by atoms with Crippen molar-refractivity contribution in [3.05, 3.63) is 23.0 Å². The highest BCUT2D eigenvalue weighted by molar-refractivity contribution is 6.30. The number of halogens is 1. The highest BCUT2D eigenvalue weighted by atomic mass is 35.5. The van der Waals surface area contributed by atoms with Crippen LogP contribution in [0.3, 0.4) is 0 Å². The number of pyridine rings is 1. The first-order chi connectivity index (χ1) is 9.08. The highest BCUT2D eigenvalue weighted by Gasteiger charge is 2.12. The lowest BCUT2D eigenvalue weighted by Gasteiger charge is -2.22. The molecule has 1 aromatic rings. The number of hydrogen-bond acceptors (Lipinski definition) is 3. The summed E-state index contributed by atoms with van der Waals surface area (Å²) in [4.78, 5) is 17.6. The van der Waals surface area contributed by atoms with Gasteiger partial charge in [0.05, 0.1) is 18.5 Å². The van der Waals surface area contributed by atoms with E-state index < -0.39 is 0 Å². The second kappa shape index (κ2) is 7.96. The Kier molecular flexibility index (Phi) is 6.59. The van der Waals surface area contributed by atoms with Crippen LogP contribution in [0.25, 0.3) is 0 Å². The Labute approximate surface area is 118 Å². The van der Waals surface area contributed by atoms with Gasteiger partial charge in [0.25, 0.3) is 0 Å². The van der Waals surface area contributed by atoms with E-state index in [1.165, 1.54) is 6.20 Å². The van der Waals surface area contributed by atoms with Crippen molar-refractivity contribution in [1.82, 2.24) is 9.88 Å². The van der Waals surface area contributed by atoms with Gasteiger partial charge < -0.3 is 15.3 Å². The van der Waals surface area contributed by atoms with Crippen LogP contribution in [-0.4, -0.2) is 40.7 Å². The summed E-state index contributed by atoms with van der Waals surface area (Å²) in [5.41, 5.74) is 1.41. The predicted molar refractivity (Wildman–Crippen MR) is 76.6 cm³/mol. The number of aryl methyl sites for hydroxylation is 1. The van der Waals surface area contributed by atoms with Gasteiger partial charge in [-0.25, -0.2) is 9.78 Å². The summed E-state index contributed by atoms with van der Waals surface area (Å²) in [6, 6.07) is 1.54. The van der Waals surface area contributed by atoms with Crippen molar-refractivity contribution < 1.29 is 9.90 Å². The third-order valence-electron chi connectivity index (χ3n) is 2.70. The van der Waals surface area contributed by atoms with Gasteiger partial charge in [-0.05, 0) is 25.0 Å². The molecule has 5 nitrogen and oxygen atoms in total. The van der Waals surface area contributed by atoms with Crippen molar-refractivity contribution in [1.29, 1.82) is 0 Å². The van der Waals surface area contributed by atoms with Crippen LogP contribution in [0.4, 0.5) is 10.5 Å². The molecule has 0 saturated heterocycles. The number of carbonyl (C=O) groups is 1. The number of rotatable bonds is 6. The Morgan fingerprint density at radius 2 is 2.26 bits per heavy atom. The monoisotopic (exact) mass is 285 g/mol. The number of urea groups is 1. The first-order valence-electron chi connectivity index (χ1n) is 6.37. The van der Waals surface area contributed by atoms with Crippen LogP contribution in [0.1, 0.15) is 25.3 Å². The molecule has 1 heterocycles. The van der Waals surface area contributed by atoms with Crippen LogP contribution in [-0.2, 0) is 0 Å². The molecule has 0 radical (unpaired) electrons. The number of nitrogens with one attached hydrogen (secondary N) is 1. The van der Waals surface area contributed by atoms with Crippen LogP contribution in [0.2, 0.25) is 5.15 Å². The number of carbonyl (C=O) groups excluding carboxylic acids is 1. The summed E-state index contributed by atoms with van der Waals surface area (Å²) < 4.78 is 0. The third-order valence-corrected chi connectivity index (χ3v) is 3.10. The minimum atomic E-state index is -0.231. The molecule has 2 amide bonds. The Morgan fingerprint density at radius 3 is 2.84 bits per heavy atom. The summed E-state index contributed by atoms with van der Waals surface area (Å²) >= 11 is 5.83. The summed E-state index contributed by atoms with van der Waals surface area (Å²) in [6.45, 7) is 4.79. The van der Waals surface area contributed by atoms with E-state index in [0.29, 0.717) is 23.9 Å². The number of anilines is 1. The van der Waals surface area contributed by atoms with E-state index in [1.807, 2.05) is 6.92 Å². The van der Waals surface area contributed by atoms with Crippen LogP contribution < -0.4 is 5.32 Å². The molecule has 0 unspecified atom stereocenters. The fourth-order valence-electron chi connectivity index (χ4n) is 1.61. The average Bonchev–Trinajstić information content (AvgIpc) is 2.38. The third kappa shape index (κ3) is 5.04. The Bertz CT molecular complexity index is 426. The first-order valence-corrected chi connectivity index (χ1v) is 6.75. The SMILES string of the molecule is CCCCN(CCO)C(=O)Nc1cnc(Cl)c(C)c1. The number of aliphatic hydroxyl groups excluding tert-OH is 1. The van der Waals surface area contributed by atoms with E-state index in [2.05, 4.69) is 17.2 Å². The molecule has 0 aliphatic heterocycles. The largest absolute Gasteiger partial charge is 0.395 e. The molecule has 1 aromatic heterocycles. The molecular weight excluding hydrogens is 266 g/mol. The molecule has 1 rings (SSSR count). The van der Waals surface area contributed by atoms with Gasteiger partial charge in [0.1, 0.15) is 5.15 Å². The lowest BCUT2D eigenvalue weighted by atomic mass is 10.3. The van der Waals surface area contributed by atoms with Crippen LogP contribution >= 0.6 is 11.6 Å². The van der Waals surface area contributed by atoms with E-state index in [4.69, 9.17) is 16.7 Å².